The Kier molecular flexibility index (Phi) is 3.47. The number of ether oxygens (including phenoxy) is 1. The lowest BCUT2D eigenvalue weighted by molar-refractivity contribution is -0.155. The first-order chi connectivity index (χ1) is 10.4. The molecule has 0 radical (unpaired) electrons. The molecule has 1 aliphatic carbocycles. The Morgan fingerprint density at radius 1 is 1.27 bits per heavy atom. The van der Waals surface area contributed by atoms with E-state index in [1.807, 2.05) is 32.9 Å². The van der Waals surface area contributed by atoms with Gasteiger partial charge in [0, 0.05) is 12.8 Å². The summed E-state index contributed by atoms with van der Waals surface area (Å²) >= 11 is 0. The van der Waals surface area contributed by atoms with Gasteiger partial charge in [-0.15, -0.1) is 0 Å². The van der Waals surface area contributed by atoms with Gasteiger partial charge in [-0.3, -0.25) is 9.59 Å². The van der Waals surface area contributed by atoms with Crippen molar-refractivity contribution in [1.29, 1.82) is 0 Å². The normalized spacial score (nSPS) is 25.6. The number of benzene rings is 1. The van der Waals surface area contributed by atoms with Crippen LogP contribution < -0.4 is 0 Å². The lowest BCUT2D eigenvalue weighted by Crippen LogP contribution is -2.36. The lowest BCUT2D eigenvalue weighted by atomic mass is 9.72. The molecule has 0 aromatic heterocycles. The van der Waals surface area contributed by atoms with E-state index >= 15 is 0 Å². The second-order valence-electron chi connectivity index (χ2n) is 7.04. The molecule has 1 atom stereocenters. The minimum Gasteiger partial charge on any atom is -0.459 e. The highest BCUT2D eigenvalue weighted by Crippen LogP contribution is 2.47. The Bertz CT molecular complexity index is 669. The molecule has 1 aliphatic heterocycles. The zero-order valence-corrected chi connectivity index (χ0v) is 13.4. The molecule has 1 unspecified atom stereocenters. The summed E-state index contributed by atoms with van der Waals surface area (Å²) in [7, 11) is 0. The minimum atomic E-state index is -0.994. The Hall–Kier alpha value is -1.90. The molecule has 0 spiro atoms. The van der Waals surface area contributed by atoms with Crippen molar-refractivity contribution in [3.63, 3.8) is 0 Å². The number of allylic oxidation sites excluding steroid dienone is 1. The van der Waals surface area contributed by atoms with Crippen LogP contribution in [0.25, 0.3) is 6.08 Å². The number of ketones is 1. The van der Waals surface area contributed by atoms with Gasteiger partial charge in [0.25, 0.3) is 0 Å². The Morgan fingerprint density at radius 2 is 2.00 bits per heavy atom. The van der Waals surface area contributed by atoms with Crippen molar-refractivity contribution >= 4 is 17.8 Å². The summed E-state index contributed by atoms with van der Waals surface area (Å²) in [5.41, 5.74) is 2.06. The van der Waals surface area contributed by atoms with Gasteiger partial charge in [-0.1, -0.05) is 42.8 Å². The molecule has 116 valence electrons. The maximum absolute atomic E-state index is 12.6. The Morgan fingerprint density at radius 3 is 2.59 bits per heavy atom. The van der Waals surface area contributed by atoms with E-state index in [2.05, 4.69) is 18.2 Å². The summed E-state index contributed by atoms with van der Waals surface area (Å²) in [5.74, 6) is -0.346. The summed E-state index contributed by atoms with van der Waals surface area (Å²) in [6.45, 7) is 5.58. The van der Waals surface area contributed by atoms with Crippen molar-refractivity contribution < 1.29 is 14.3 Å². The highest BCUT2D eigenvalue weighted by atomic mass is 16.6. The van der Waals surface area contributed by atoms with Crippen molar-refractivity contribution in [3.05, 3.63) is 41.0 Å². The topological polar surface area (TPSA) is 43.4 Å². The van der Waals surface area contributed by atoms with Gasteiger partial charge in [0.1, 0.15) is 16.8 Å². The van der Waals surface area contributed by atoms with Crippen molar-refractivity contribution in [3.8, 4) is 0 Å². The molecule has 1 fully saturated rings. The maximum Gasteiger partial charge on any atom is 0.320 e. The average Bonchev–Trinajstić information content (AvgIpc) is 2.96. The van der Waals surface area contributed by atoms with E-state index in [9.17, 15) is 9.59 Å². The fourth-order valence-corrected chi connectivity index (χ4v) is 3.82. The Balaban J connectivity index is 1.91. The van der Waals surface area contributed by atoms with Crippen molar-refractivity contribution in [2.24, 2.45) is 5.41 Å². The van der Waals surface area contributed by atoms with Gasteiger partial charge in [0.15, 0.2) is 0 Å². The molecule has 3 heteroatoms. The average molecular weight is 298 g/mol. The first kappa shape index (κ1) is 15.0. The largest absolute Gasteiger partial charge is 0.459 e. The minimum absolute atomic E-state index is 0.0000638. The molecule has 0 bridgehead atoms. The second kappa shape index (κ2) is 5.08. The molecular formula is C19H22O3. The van der Waals surface area contributed by atoms with Crippen LogP contribution in [-0.4, -0.2) is 17.4 Å². The summed E-state index contributed by atoms with van der Waals surface area (Å²) in [6.07, 6.45) is 4.27. The fraction of sp³-hybridized carbons (Fsp3) is 0.474. The lowest BCUT2D eigenvalue weighted by Gasteiger charge is -2.24. The molecule has 1 heterocycles. The van der Waals surface area contributed by atoms with E-state index in [1.165, 1.54) is 11.1 Å². The molecule has 22 heavy (non-hydrogen) atoms. The monoisotopic (exact) mass is 298 g/mol. The van der Waals surface area contributed by atoms with E-state index in [-0.39, 0.29) is 11.8 Å². The van der Waals surface area contributed by atoms with Gasteiger partial charge in [0.05, 0.1) is 0 Å². The molecule has 1 saturated heterocycles. The van der Waals surface area contributed by atoms with Crippen LogP contribution >= 0.6 is 0 Å². The third-order valence-corrected chi connectivity index (χ3v) is 4.70. The van der Waals surface area contributed by atoms with Gasteiger partial charge < -0.3 is 4.74 Å². The molecule has 1 aromatic carbocycles. The molecule has 0 saturated carbocycles. The third kappa shape index (κ3) is 2.39. The quantitative estimate of drug-likeness (QED) is 0.628. The molecule has 2 aliphatic rings. The van der Waals surface area contributed by atoms with E-state index in [4.69, 9.17) is 4.74 Å². The van der Waals surface area contributed by atoms with Crippen LogP contribution in [0.5, 0.6) is 0 Å². The first-order valence-electron chi connectivity index (χ1n) is 7.90. The number of rotatable bonds is 4. The van der Waals surface area contributed by atoms with Crippen LogP contribution in [0.4, 0.5) is 0 Å². The zero-order chi connectivity index (χ0) is 16.0. The molecule has 0 amide bonds. The highest BCUT2D eigenvalue weighted by Gasteiger charge is 2.56. The van der Waals surface area contributed by atoms with Gasteiger partial charge in [-0.2, -0.15) is 0 Å². The van der Waals surface area contributed by atoms with Crippen LogP contribution in [0, 0.1) is 5.41 Å². The smallest absolute Gasteiger partial charge is 0.320 e. The second-order valence-corrected chi connectivity index (χ2v) is 7.04. The molecule has 3 rings (SSSR count). The van der Waals surface area contributed by atoms with E-state index < -0.39 is 11.0 Å². The molecular weight excluding hydrogens is 276 g/mol. The van der Waals surface area contributed by atoms with Gasteiger partial charge in [-0.25, -0.2) is 0 Å². The summed E-state index contributed by atoms with van der Waals surface area (Å²) < 4.78 is 5.49. The zero-order valence-electron chi connectivity index (χ0n) is 13.4. The number of Topliss-reactive ketones (excluding diaryl/α,β-unsaturated/α-hetero) is 1. The molecule has 3 nitrogen and oxygen atoms in total. The van der Waals surface area contributed by atoms with Crippen molar-refractivity contribution in [1.82, 2.24) is 0 Å². The van der Waals surface area contributed by atoms with Gasteiger partial charge >= 0.3 is 5.97 Å². The van der Waals surface area contributed by atoms with Gasteiger partial charge in [0.2, 0.25) is 0 Å². The number of carbonyl (C=O) groups is 2. The fourth-order valence-electron chi connectivity index (χ4n) is 3.82. The number of carbonyl (C=O) groups excluding carboxylic acids is 2. The van der Waals surface area contributed by atoms with E-state index in [1.54, 1.807) is 0 Å². The maximum atomic E-state index is 12.6. The molecule has 0 N–H and O–H groups in total. The van der Waals surface area contributed by atoms with Crippen LogP contribution in [0.3, 0.4) is 0 Å². The van der Waals surface area contributed by atoms with E-state index in [0.29, 0.717) is 19.3 Å². The number of esters is 1. The van der Waals surface area contributed by atoms with E-state index in [0.717, 1.165) is 12.0 Å². The summed E-state index contributed by atoms with van der Waals surface area (Å²) in [4.78, 5) is 25.1. The highest BCUT2D eigenvalue weighted by molar-refractivity contribution is 6.05. The standard InChI is InChI=1S/C19H22O3/c1-4-16(20)19(12-18(2,3)22-17(19)21)11-13-9-14-7-5-6-8-15(14)10-13/h5-9H,4,10-12H2,1-3H3. The predicted octanol–water partition coefficient (Wildman–Crippen LogP) is 3.71. The summed E-state index contributed by atoms with van der Waals surface area (Å²) in [6, 6.07) is 8.21. The number of hydrogen-bond donors (Lipinski definition) is 0. The van der Waals surface area contributed by atoms with Crippen LogP contribution in [-0.2, 0) is 20.7 Å². The first-order valence-corrected chi connectivity index (χ1v) is 7.90. The third-order valence-electron chi connectivity index (χ3n) is 4.70. The number of fused-ring (bicyclic) bond motifs is 1. The van der Waals surface area contributed by atoms with Crippen LogP contribution in [0.2, 0.25) is 0 Å². The van der Waals surface area contributed by atoms with Crippen LogP contribution in [0.15, 0.2) is 29.8 Å². The van der Waals surface area contributed by atoms with Crippen molar-refractivity contribution in [2.45, 2.75) is 52.1 Å². The Labute approximate surface area is 131 Å². The van der Waals surface area contributed by atoms with Crippen molar-refractivity contribution in [2.75, 3.05) is 0 Å². The summed E-state index contributed by atoms with van der Waals surface area (Å²) in [5, 5.41) is 0. The SMILES string of the molecule is CCC(=O)C1(CC2=Cc3ccccc3C2)CC(C)(C)OC1=O. The number of hydrogen-bond acceptors (Lipinski definition) is 3. The number of cyclic esters (lactones) is 1. The van der Waals surface area contributed by atoms with Crippen LogP contribution in [0.1, 0.15) is 51.2 Å². The van der Waals surface area contributed by atoms with Gasteiger partial charge in [-0.05, 0) is 37.8 Å². The molecule has 1 aromatic rings. The predicted molar refractivity (Wildman–Crippen MR) is 85.3 cm³/mol.